The molecule has 0 N–H and O–H groups in total. The number of aromatic nitrogens is 3. The first kappa shape index (κ1) is 13.1. The minimum atomic E-state index is 0.674. The molecule has 0 aliphatic rings. The van der Waals surface area contributed by atoms with Gasteiger partial charge in [-0.15, -0.1) is 0 Å². The maximum Gasteiger partial charge on any atom is 0.154 e. The van der Waals surface area contributed by atoms with E-state index < -0.39 is 0 Å². The van der Waals surface area contributed by atoms with Gasteiger partial charge < -0.3 is 4.90 Å². The summed E-state index contributed by atoms with van der Waals surface area (Å²) in [6.07, 6.45) is 3.60. The molecule has 5 heteroatoms. The van der Waals surface area contributed by atoms with Crippen molar-refractivity contribution in [3.8, 4) is 6.07 Å². The van der Waals surface area contributed by atoms with Crippen molar-refractivity contribution in [3.05, 3.63) is 59.5 Å². The monoisotopic (exact) mass is 277 g/mol. The quantitative estimate of drug-likeness (QED) is 0.738. The lowest BCUT2D eigenvalue weighted by Gasteiger charge is -2.18. The molecule has 3 aromatic rings. The average Bonchev–Trinajstić information content (AvgIpc) is 2.87. The van der Waals surface area contributed by atoms with Crippen LogP contribution in [0.15, 0.2) is 42.7 Å². The Morgan fingerprint density at radius 3 is 2.76 bits per heavy atom. The van der Waals surface area contributed by atoms with E-state index in [4.69, 9.17) is 5.26 Å². The number of hydrogen-bond acceptors (Lipinski definition) is 4. The number of nitriles is 1. The maximum absolute atomic E-state index is 8.83. The van der Waals surface area contributed by atoms with Crippen molar-refractivity contribution in [1.29, 1.82) is 5.26 Å². The second-order valence-electron chi connectivity index (χ2n) is 5.03. The second kappa shape index (κ2) is 5.25. The lowest BCUT2D eigenvalue weighted by molar-refractivity contribution is 0.871. The molecule has 5 nitrogen and oxygen atoms in total. The molecule has 0 spiro atoms. The fraction of sp³-hybridized carbons (Fsp3) is 0.188. The first-order valence-corrected chi connectivity index (χ1v) is 6.68. The summed E-state index contributed by atoms with van der Waals surface area (Å²) < 4.78 is 1.84. The molecule has 0 unspecified atom stereocenters. The van der Waals surface area contributed by atoms with Crippen LogP contribution in [0.3, 0.4) is 0 Å². The lowest BCUT2D eigenvalue weighted by Crippen LogP contribution is -2.18. The van der Waals surface area contributed by atoms with Crippen LogP contribution in [-0.2, 0) is 6.54 Å². The molecule has 104 valence electrons. The number of benzene rings is 1. The Balaban J connectivity index is 1.89. The van der Waals surface area contributed by atoms with Gasteiger partial charge in [-0.3, -0.25) is 0 Å². The van der Waals surface area contributed by atoms with Crippen LogP contribution in [0.2, 0.25) is 0 Å². The van der Waals surface area contributed by atoms with Crippen LogP contribution < -0.4 is 4.90 Å². The molecule has 21 heavy (non-hydrogen) atoms. The molecule has 1 aromatic carbocycles. The molecule has 0 bridgehead atoms. The maximum atomic E-state index is 8.83. The zero-order chi connectivity index (χ0) is 14.8. The van der Waals surface area contributed by atoms with Gasteiger partial charge in [0.05, 0.1) is 17.3 Å². The summed E-state index contributed by atoms with van der Waals surface area (Å²) in [6, 6.07) is 11.8. The number of rotatable bonds is 3. The summed E-state index contributed by atoms with van der Waals surface area (Å²) in [4.78, 5) is 6.54. The molecule has 2 heterocycles. The number of aryl methyl sites for hydroxylation is 1. The SMILES string of the molecule is Cc1cc2c(N(C)Cc3ccc(C#N)cc3)nccn2n1. The Morgan fingerprint density at radius 2 is 2.05 bits per heavy atom. The predicted octanol–water partition coefficient (Wildman–Crippen LogP) is 2.55. The number of anilines is 1. The van der Waals surface area contributed by atoms with Crippen molar-refractivity contribution in [3.63, 3.8) is 0 Å². The molecule has 0 radical (unpaired) electrons. The van der Waals surface area contributed by atoms with Crippen molar-refractivity contribution < 1.29 is 0 Å². The van der Waals surface area contributed by atoms with Crippen LogP contribution in [0, 0.1) is 18.3 Å². The van der Waals surface area contributed by atoms with Gasteiger partial charge in [0.2, 0.25) is 0 Å². The van der Waals surface area contributed by atoms with Crippen molar-refractivity contribution in [2.75, 3.05) is 11.9 Å². The summed E-state index contributed by atoms with van der Waals surface area (Å²) in [6.45, 7) is 2.69. The van der Waals surface area contributed by atoms with Crippen molar-refractivity contribution in [2.45, 2.75) is 13.5 Å². The molecule has 0 saturated carbocycles. The molecule has 0 aliphatic heterocycles. The van der Waals surface area contributed by atoms with Crippen LogP contribution in [0.4, 0.5) is 5.82 Å². The number of nitrogens with zero attached hydrogens (tertiary/aromatic N) is 5. The number of fused-ring (bicyclic) bond motifs is 1. The van der Waals surface area contributed by atoms with Crippen LogP contribution in [-0.4, -0.2) is 21.6 Å². The third-order valence-corrected chi connectivity index (χ3v) is 3.36. The van der Waals surface area contributed by atoms with Gasteiger partial charge in [0.15, 0.2) is 5.82 Å². The van der Waals surface area contributed by atoms with Gasteiger partial charge in [0.25, 0.3) is 0 Å². The van der Waals surface area contributed by atoms with E-state index in [1.54, 1.807) is 6.20 Å². The highest BCUT2D eigenvalue weighted by Crippen LogP contribution is 2.20. The van der Waals surface area contributed by atoms with Gasteiger partial charge in [-0.1, -0.05) is 12.1 Å². The second-order valence-corrected chi connectivity index (χ2v) is 5.03. The zero-order valence-corrected chi connectivity index (χ0v) is 12.0. The third kappa shape index (κ3) is 2.56. The molecule has 0 fully saturated rings. The molecule has 0 saturated heterocycles. The van der Waals surface area contributed by atoms with E-state index in [0.717, 1.165) is 29.1 Å². The minimum absolute atomic E-state index is 0.674. The fourth-order valence-corrected chi connectivity index (χ4v) is 2.36. The minimum Gasteiger partial charge on any atom is -0.354 e. The summed E-state index contributed by atoms with van der Waals surface area (Å²) in [5.41, 5.74) is 3.77. The molecule has 0 atom stereocenters. The van der Waals surface area contributed by atoms with E-state index in [-0.39, 0.29) is 0 Å². The number of hydrogen-bond donors (Lipinski definition) is 0. The van der Waals surface area contributed by atoms with Gasteiger partial charge in [-0.25, -0.2) is 9.50 Å². The van der Waals surface area contributed by atoms with Crippen LogP contribution >= 0.6 is 0 Å². The van der Waals surface area contributed by atoms with Gasteiger partial charge in [-0.05, 0) is 30.7 Å². The Labute approximate surface area is 123 Å². The van der Waals surface area contributed by atoms with Gasteiger partial charge in [0.1, 0.15) is 5.52 Å². The highest BCUT2D eigenvalue weighted by molar-refractivity contribution is 5.68. The standard InChI is InChI=1S/C16H15N5/c1-12-9-15-16(18-7-8-21(15)19-12)20(2)11-14-5-3-13(10-17)4-6-14/h3-9H,11H2,1-2H3. The first-order valence-electron chi connectivity index (χ1n) is 6.68. The van der Waals surface area contributed by atoms with Gasteiger partial charge in [-0.2, -0.15) is 10.4 Å². The Bertz CT molecular complexity index is 811. The van der Waals surface area contributed by atoms with Gasteiger partial charge in [0, 0.05) is 26.0 Å². The van der Waals surface area contributed by atoms with E-state index in [1.807, 2.05) is 55.0 Å². The van der Waals surface area contributed by atoms with Crippen LogP contribution in [0.25, 0.3) is 5.52 Å². The highest BCUT2D eigenvalue weighted by atomic mass is 15.3. The summed E-state index contributed by atoms with van der Waals surface area (Å²) in [5, 5.41) is 13.2. The van der Waals surface area contributed by atoms with E-state index in [2.05, 4.69) is 21.1 Å². The predicted molar refractivity (Wildman–Crippen MR) is 81.0 cm³/mol. The Morgan fingerprint density at radius 1 is 1.29 bits per heavy atom. The molecule has 3 rings (SSSR count). The third-order valence-electron chi connectivity index (χ3n) is 3.36. The molecule has 0 amide bonds. The molecule has 2 aromatic heterocycles. The lowest BCUT2D eigenvalue weighted by atomic mass is 10.1. The van der Waals surface area contributed by atoms with Crippen LogP contribution in [0.1, 0.15) is 16.8 Å². The van der Waals surface area contributed by atoms with E-state index in [9.17, 15) is 0 Å². The van der Waals surface area contributed by atoms with E-state index in [1.165, 1.54) is 0 Å². The summed E-state index contributed by atoms with van der Waals surface area (Å²) in [5.74, 6) is 0.891. The summed E-state index contributed by atoms with van der Waals surface area (Å²) >= 11 is 0. The highest BCUT2D eigenvalue weighted by Gasteiger charge is 2.10. The zero-order valence-electron chi connectivity index (χ0n) is 12.0. The largest absolute Gasteiger partial charge is 0.354 e. The first-order chi connectivity index (χ1) is 10.2. The van der Waals surface area contributed by atoms with E-state index >= 15 is 0 Å². The Kier molecular flexibility index (Phi) is 3.28. The molecular formula is C16H15N5. The molecular weight excluding hydrogens is 262 g/mol. The average molecular weight is 277 g/mol. The van der Waals surface area contributed by atoms with Crippen molar-refractivity contribution in [1.82, 2.24) is 14.6 Å². The smallest absolute Gasteiger partial charge is 0.154 e. The van der Waals surface area contributed by atoms with E-state index in [0.29, 0.717) is 5.56 Å². The topological polar surface area (TPSA) is 57.2 Å². The normalized spacial score (nSPS) is 10.5. The Hall–Kier alpha value is -2.87. The van der Waals surface area contributed by atoms with Crippen LogP contribution in [0.5, 0.6) is 0 Å². The molecule has 0 aliphatic carbocycles. The van der Waals surface area contributed by atoms with Crippen molar-refractivity contribution in [2.24, 2.45) is 0 Å². The fourth-order valence-electron chi connectivity index (χ4n) is 2.36. The van der Waals surface area contributed by atoms with Crippen molar-refractivity contribution >= 4 is 11.3 Å². The summed E-state index contributed by atoms with van der Waals surface area (Å²) in [7, 11) is 2.00. The van der Waals surface area contributed by atoms with Gasteiger partial charge >= 0.3 is 0 Å².